The summed E-state index contributed by atoms with van der Waals surface area (Å²) in [5.41, 5.74) is 6.55. The standard InChI is InChI=1S/C19H24N4O4S2/c1-23(2)29(26,27)15-9-7-14(8-10-15)13-21-19(25)22-16-5-3-4-6-17(16)28-12-11-18(20)24/h3-10H,11-13H2,1-2H3,(H2,20,24)(H2,21,22,25). The van der Waals surface area contributed by atoms with E-state index in [-0.39, 0.29) is 23.8 Å². The van der Waals surface area contributed by atoms with E-state index in [0.717, 1.165) is 14.8 Å². The third-order valence-corrected chi connectivity index (χ3v) is 6.80. The number of nitrogens with two attached hydrogens (primary N) is 1. The van der Waals surface area contributed by atoms with Crippen LogP contribution in [0.5, 0.6) is 0 Å². The van der Waals surface area contributed by atoms with Gasteiger partial charge in [-0.15, -0.1) is 11.8 Å². The second kappa shape index (κ2) is 10.3. The van der Waals surface area contributed by atoms with Crippen molar-refractivity contribution in [1.29, 1.82) is 0 Å². The lowest BCUT2D eigenvalue weighted by atomic mass is 10.2. The largest absolute Gasteiger partial charge is 0.370 e. The predicted octanol–water partition coefficient (Wildman–Crippen LogP) is 2.23. The normalized spacial score (nSPS) is 11.3. The number of hydrogen-bond acceptors (Lipinski definition) is 5. The molecule has 0 heterocycles. The summed E-state index contributed by atoms with van der Waals surface area (Å²) in [5, 5.41) is 5.52. The molecule has 2 aromatic carbocycles. The molecular weight excluding hydrogens is 412 g/mol. The van der Waals surface area contributed by atoms with Gasteiger partial charge in [-0.2, -0.15) is 0 Å². The maximum absolute atomic E-state index is 12.2. The van der Waals surface area contributed by atoms with E-state index < -0.39 is 16.1 Å². The number of carbonyl (C=O) groups is 2. The molecule has 0 aliphatic carbocycles. The van der Waals surface area contributed by atoms with Crippen molar-refractivity contribution in [3.63, 3.8) is 0 Å². The molecule has 0 unspecified atom stereocenters. The Hall–Kier alpha value is -2.56. The quantitative estimate of drug-likeness (QED) is 0.521. The fourth-order valence-corrected chi connectivity index (χ4v) is 4.17. The smallest absolute Gasteiger partial charge is 0.319 e. The Kier molecular flexibility index (Phi) is 8.06. The number of rotatable bonds is 9. The lowest BCUT2D eigenvalue weighted by molar-refractivity contribution is -0.117. The molecule has 3 amide bonds. The summed E-state index contributed by atoms with van der Waals surface area (Å²) in [6.45, 7) is 0.241. The molecule has 10 heteroatoms. The van der Waals surface area contributed by atoms with Crippen molar-refractivity contribution >= 4 is 39.4 Å². The minimum absolute atomic E-state index is 0.192. The molecule has 0 aliphatic rings. The van der Waals surface area contributed by atoms with Gasteiger partial charge in [-0.1, -0.05) is 24.3 Å². The van der Waals surface area contributed by atoms with Crippen LogP contribution in [-0.2, 0) is 21.4 Å². The highest BCUT2D eigenvalue weighted by Gasteiger charge is 2.16. The molecule has 0 aromatic heterocycles. The predicted molar refractivity (Wildman–Crippen MR) is 114 cm³/mol. The monoisotopic (exact) mass is 436 g/mol. The number of nitrogens with zero attached hydrogens (tertiary/aromatic N) is 1. The number of thioether (sulfide) groups is 1. The Morgan fingerprint density at radius 1 is 1.07 bits per heavy atom. The Morgan fingerprint density at radius 3 is 2.34 bits per heavy atom. The highest BCUT2D eigenvalue weighted by molar-refractivity contribution is 7.99. The van der Waals surface area contributed by atoms with E-state index in [4.69, 9.17) is 5.73 Å². The highest BCUT2D eigenvalue weighted by Crippen LogP contribution is 2.27. The van der Waals surface area contributed by atoms with E-state index in [1.807, 2.05) is 12.1 Å². The average molecular weight is 437 g/mol. The number of para-hydroxylation sites is 1. The van der Waals surface area contributed by atoms with Gasteiger partial charge in [0.15, 0.2) is 0 Å². The first-order valence-electron chi connectivity index (χ1n) is 8.76. The second-order valence-electron chi connectivity index (χ2n) is 6.30. The first kappa shape index (κ1) is 22.7. The molecule has 0 spiro atoms. The minimum atomic E-state index is -3.48. The Morgan fingerprint density at radius 2 is 1.72 bits per heavy atom. The molecule has 29 heavy (non-hydrogen) atoms. The van der Waals surface area contributed by atoms with Crippen molar-refractivity contribution in [3.05, 3.63) is 54.1 Å². The molecule has 4 N–H and O–H groups in total. The molecule has 2 aromatic rings. The number of nitrogens with one attached hydrogen (secondary N) is 2. The van der Waals surface area contributed by atoms with Crippen LogP contribution in [0.4, 0.5) is 10.5 Å². The third-order valence-electron chi connectivity index (χ3n) is 3.90. The van der Waals surface area contributed by atoms with E-state index in [1.165, 1.54) is 38.0 Å². The van der Waals surface area contributed by atoms with E-state index in [9.17, 15) is 18.0 Å². The maximum atomic E-state index is 12.2. The first-order chi connectivity index (χ1) is 13.7. The van der Waals surface area contributed by atoms with Gasteiger partial charge in [-0.05, 0) is 29.8 Å². The zero-order valence-electron chi connectivity index (χ0n) is 16.2. The van der Waals surface area contributed by atoms with Crippen LogP contribution >= 0.6 is 11.8 Å². The van der Waals surface area contributed by atoms with Gasteiger partial charge in [0.1, 0.15) is 0 Å². The molecule has 0 atom stereocenters. The topological polar surface area (TPSA) is 122 Å². The highest BCUT2D eigenvalue weighted by atomic mass is 32.2. The fourth-order valence-electron chi connectivity index (χ4n) is 2.30. The summed E-state index contributed by atoms with van der Waals surface area (Å²) in [4.78, 5) is 24.1. The van der Waals surface area contributed by atoms with Crippen molar-refractivity contribution in [2.75, 3.05) is 25.2 Å². The Labute approximate surface area is 174 Å². The molecule has 156 valence electrons. The number of benzene rings is 2. The zero-order valence-corrected chi connectivity index (χ0v) is 17.8. The van der Waals surface area contributed by atoms with Crippen molar-refractivity contribution in [2.45, 2.75) is 22.8 Å². The van der Waals surface area contributed by atoms with E-state index in [0.29, 0.717) is 11.4 Å². The number of hydrogen-bond donors (Lipinski definition) is 3. The number of primary amides is 1. The molecule has 0 fully saturated rings. The van der Waals surface area contributed by atoms with E-state index >= 15 is 0 Å². The summed E-state index contributed by atoms with van der Waals surface area (Å²) in [6, 6.07) is 13.2. The van der Waals surface area contributed by atoms with Crippen LogP contribution in [0.2, 0.25) is 0 Å². The van der Waals surface area contributed by atoms with Crippen LogP contribution in [0.25, 0.3) is 0 Å². The van der Waals surface area contributed by atoms with Crippen LogP contribution < -0.4 is 16.4 Å². The van der Waals surface area contributed by atoms with Crippen LogP contribution in [0.1, 0.15) is 12.0 Å². The molecule has 0 bridgehead atoms. The van der Waals surface area contributed by atoms with Gasteiger partial charge >= 0.3 is 6.03 Å². The average Bonchev–Trinajstić information content (AvgIpc) is 2.67. The van der Waals surface area contributed by atoms with Gasteiger partial charge in [0.2, 0.25) is 15.9 Å². The summed E-state index contributed by atoms with van der Waals surface area (Å²) < 4.78 is 25.3. The maximum Gasteiger partial charge on any atom is 0.319 e. The van der Waals surface area contributed by atoms with E-state index in [2.05, 4.69) is 10.6 Å². The summed E-state index contributed by atoms with van der Waals surface area (Å²) in [6.07, 6.45) is 0.255. The summed E-state index contributed by atoms with van der Waals surface area (Å²) >= 11 is 1.43. The van der Waals surface area contributed by atoms with Crippen LogP contribution in [0, 0.1) is 0 Å². The third kappa shape index (κ3) is 6.77. The van der Waals surface area contributed by atoms with Crippen LogP contribution in [0.15, 0.2) is 58.3 Å². The number of sulfonamides is 1. The SMILES string of the molecule is CN(C)S(=O)(=O)c1ccc(CNC(=O)Nc2ccccc2SCCC(N)=O)cc1. The van der Waals surface area contributed by atoms with E-state index in [1.54, 1.807) is 24.3 Å². The molecule has 8 nitrogen and oxygen atoms in total. The number of carbonyl (C=O) groups excluding carboxylic acids is 2. The van der Waals surface area contributed by atoms with Gasteiger partial charge in [0.25, 0.3) is 0 Å². The molecule has 0 radical (unpaired) electrons. The Bertz CT molecular complexity index is 960. The Balaban J connectivity index is 1.93. The lowest BCUT2D eigenvalue weighted by Crippen LogP contribution is -2.28. The number of urea groups is 1. The van der Waals surface area contributed by atoms with Crippen molar-refractivity contribution in [3.8, 4) is 0 Å². The zero-order chi connectivity index (χ0) is 21.4. The molecule has 0 aliphatic heterocycles. The van der Waals surface area contributed by atoms with Gasteiger partial charge in [0, 0.05) is 37.7 Å². The fraction of sp³-hybridized carbons (Fsp3) is 0.263. The van der Waals surface area contributed by atoms with Crippen molar-refractivity contribution in [1.82, 2.24) is 9.62 Å². The second-order valence-corrected chi connectivity index (χ2v) is 9.59. The lowest BCUT2D eigenvalue weighted by Gasteiger charge is -2.13. The first-order valence-corrected chi connectivity index (χ1v) is 11.2. The minimum Gasteiger partial charge on any atom is -0.370 e. The molecule has 2 rings (SSSR count). The number of anilines is 1. The number of amides is 3. The summed E-state index contributed by atoms with van der Waals surface area (Å²) in [7, 11) is -0.538. The molecule has 0 saturated heterocycles. The van der Waals surface area contributed by atoms with Crippen LogP contribution in [0.3, 0.4) is 0 Å². The summed E-state index contributed by atoms with van der Waals surface area (Å²) in [5.74, 6) is 0.155. The van der Waals surface area contributed by atoms with Gasteiger partial charge in [-0.3, -0.25) is 4.79 Å². The van der Waals surface area contributed by atoms with Gasteiger partial charge in [0.05, 0.1) is 10.6 Å². The van der Waals surface area contributed by atoms with Crippen LogP contribution in [-0.4, -0.2) is 44.5 Å². The van der Waals surface area contributed by atoms with Crippen molar-refractivity contribution < 1.29 is 18.0 Å². The van der Waals surface area contributed by atoms with Gasteiger partial charge < -0.3 is 16.4 Å². The van der Waals surface area contributed by atoms with Gasteiger partial charge in [-0.25, -0.2) is 17.5 Å². The molecular formula is C19H24N4O4S2. The molecule has 0 saturated carbocycles. The van der Waals surface area contributed by atoms with Crippen molar-refractivity contribution in [2.24, 2.45) is 5.73 Å².